The van der Waals surface area contributed by atoms with E-state index >= 15 is 0 Å². The quantitative estimate of drug-likeness (QED) is 0.292. The second-order valence-corrected chi connectivity index (χ2v) is 8.43. The molecule has 170 valence electrons. The molecule has 1 aromatic carbocycles. The van der Waals surface area contributed by atoms with Gasteiger partial charge in [-0.1, -0.05) is 44.2 Å². The molecule has 1 aromatic rings. The Morgan fingerprint density at radius 1 is 1.07 bits per heavy atom. The van der Waals surface area contributed by atoms with Gasteiger partial charge in [-0.25, -0.2) is 0 Å². The van der Waals surface area contributed by atoms with Crippen molar-refractivity contribution in [2.75, 3.05) is 53.0 Å². The van der Waals surface area contributed by atoms with Crippen LogP contribution in [-0.2, 0) is 16.0 Å². The van der Waals surface area contributed by atoms with E-state index in [1.54, 1.807) is 0 Å². The van der Waals surface area contributed by atoms with Gasteiger partial charge in [0.05, 0.1) is 6.10 Å². The Labute approximate surface area is 183 Å². The smallest absolute Gasteiger partial charge is 0.190 e. The average molecular weight is 419 g/mol. The lowest BCUT2D eigenvalue weighted by Crippen LogP contribution is -2.39. The predicted molar refractivity (Wildman–Crippen MR) is 125 cm³/mol. The highest BCUT2D eigenvalue weighted by atomic mass is 16.5. The molecule has 6 heteroatoms. The molecule has 30 heavy (non-hydrogen) atoms. The molecule has 0 amide bonds. The Hall–Kier alpha value is -1.63. The van der Waals surface area contributed by atoms with Crippen molar-refractivity contribution in [2.24, 2.45) is 10.9 Å². The van der Waals surface area contributed by atoms with Gasteiger partial charge in [-0.05, 0) is 37.2 Å². The maximum atomic E-state index is 6.10. The summed E-state index contributed by atoms with van der Waals surface area (Å²) in [5.74, 6) is 1.45. The molecule has 0 aromatic heterocycles. The number of benzene rings is 1. The van der Waals surface area contributed by atoms with Crippen LogP contribution in [0.1, 0.15) is 45.1 Å². The van der Waals surface area contributed by atoms with Crippen LogP contribution in [0.15, 0.2) is 35.3 Å². The van der Waals surface area contributed by atoms with E-state index in [-0.39, 0.29) is 0 Å². The Kier molecular flexibility index (Phi) is 12.5. The number of nitrogens with zero attached hydrogens (tertiary/aromatic N) is 2. The number of ether oxygens (including phenoxy) is 2. The van der Waals surface area contributed by atoms with Crippen molar-refractivity contribution in [2.45, 2.75) is 52.2 Å². The highest BCUT2D eigenvalue weighted by molar-refractivity contribution is 5.79. The van der Waals surface area contributed by atoms with Gasteiger partial charge in [-0.15, -0.1) is 0 Å². The molecular formula is C24H42N4O2. The summed E-state index contributed by atoms with van der Waals surface area (Å²) in [6.45, 7) is 11.8. The van der Waals surface area contributed by atoms with E-state index in [0.29, 0.717) is 12.0 Å². The van der Waals surface area contributed by atoms with Crippen molar-refractivity contribution in [1.29, 1.82) is 0 Å². The fourth-order valence-electron chi connectivity index (χ4n) is 3.53. The number of likely N-dealkylation sites (tertiary alicyclic amines) is 1. The summed E-state index contributed by atoms with van der Waals surface area (Å²) in [5.41, 5.74) is 1.40. The summed E-state index contributed by atoms with van der Waals surface area (Å²) >= 11 is 0. The minimum absolute atomic E-state index is 0.403. The van der Waals surface area contributed by atoms with Gasteiger partial charge in [0.2, 0.25) is 0 Å². The monoisotopic (exact) mass is 418 g/mol. The van der Waals surface area contributed by atoms with Crippen LogP contribution in [-0.4, -0.2) is 70.0 Å². The first-order valence-corrected chi connectivity index (χ1v) is 11.6. The van der Waals surface area contributed by atoms with Gasteiger partial charge < -0.3 is 20.1 Å². The van der Waals surface area contributed by atoms with Gasteiger partial charge in [-0.2, -0.15) is 0 Å². The Morgan fingerprint density at radius 3 is 2.37 bits per heavy atom. The Morgan fingerprint density at radius 2 is 1.73 bits per heavy atom. The van der Waals surface area contributed by atoms with Crippen molar-refractivity contribution in [3.8, 4) is 0 Å². The van der Waals surface area contributed by atoms with Gasteiger partial charge >= 0.3 is 0 Å². The predicted octanol–water partition coefficient (Wildman–Crippen LogP) is 3.29. The summed E-state index contributed by atoms with van der Waals surface area (Å²) in [5, 5.41) is 6.70. The van der Waals surface area contributed by atoms with Crippen LogP contribution in [0, 0.1) is 5.92 Å². The topological polar surface area (TPSA) is 58.1 Å². The molecule has 6 nitrogen and oxygen atoms in total. The van der Waals surface area contributed by atoms with Crippen molar-refractivity contribution in [3.63, 3.8) is 0 Å². The van der Waals surface area contributed by atoms with E-state index in [1.165, 1.54) is 5.56 Å². The number of aliphatic imine (C=N–C) groups is 1. The summed E-state index contributed by atoms with van der Waals surface area (Å²) in [6, 6.07) is 10.7. The van der Waals surface area contributed by atoms with E-state index in [9.17, 15) is 0 Å². The van der Waals surface area contributed by atoms with Crippen LogP contribution in [0.4, 0.5) is 0 Å². The van der Waals surface area contributed by atoms with Gasteiger partial charge in [0.15, 0.2) is 5.96 Å². The zero-order valence-electron chi connectivity index (χ0n) is 19.2. The maximum absolute atomic E-state index is 6.10. The van der Waals surface area contributed by atoms with Crippen LogP contribution in [0.25, 0.3) is 0 Å². The van der Waals surface area contributed by atoms with Crippen LogP contribution in [0.5, 0.6) is 0 Å². The second-order valence-electron chi connectivity index (χ2n) is 8.43. The van der Waals surface area contributed by atoms with Crippen molar-refractivity contribution >= 4 is 5.96 Å². The number of hydrogen-bond acceptors (Lipinski definition) is 4. The van der Waals surface area contributed by atoms with E-state index < -0.39 is 0 Å². The lowest BCUT2D eigenvalue weighted by molar-refractivity contribution is 0.00534. The molecule has 0 aliphatic carbocycles. The minimum atomic E-state index is 0.403. The van der Waals surface area contributed by atoms with Crippen LogP contribution in [0.2, 0.25) is 0 Å². The summed E-state index contributed by atoms with van der Waals surface area (Å²) in [6.07, 6.45) is 4.63. The van der Waals surface area contributed by atoms with Gasteiger partial charge in [0, 0.05) is 59.6 Å². The number of hydrogen-bond donors (Lipinski definition) is 2. The third-order valence-corrected chi connectivity index (χ3v) is 5.18. The van der Waals surface area contributed by atoms with E-state index in [2.05, 4.69) is 64.7 Å². The molecule has 0 radical (unpaired) electrons. The highest BCUT2D eigenvalue weighted by Crippen LogP contribution is 2.16. The minimum Gasteiger partial charge on any atom is -0.381 e. The molecule has 2 rings (SSSR count). The highest BCUT2D eigenvalue weighted by Gasteiger charge is 2.19. The normalized spacial score (nSPS) is 16.2. The third-order valence-electron chi connectivity index (χ3n) is 5.18. The summed E-state index contributed by atoms with van der Waals surface area (Å²) in [7, 11) is 1.81. The van der Waals surface area contributed by atoms with E-state index in [0.717, 1.165) is 84.2 Å². The summed E-state index contributed by atoms with van der Waals surface area (Å²) in [4.78, 5) is 6.80. The SMILES string of the molecule is CN=C(NCCCOCC(C)C)NCCCOC1CCN(Cc2ccccc2)CC1. The fraction of sp³-hybridized carbons (Fsp3) is 0.708. The zero-order valence-corrected chi connectivity index (χ0v) is 19.2. The molecule has 0 spiro atoms. The molecule has 1 saturated heterocycles. The molecular weight excluding hydrogens is 376 g/mol. The van der Waals surface area contributed by atoms with Crippen LogP contribution >= 0.6 is 0 Å². The average Bonchev–Trinajstić information content (AvgIpc) is 2.76. The second kappa shape index (κ2) is 15.2. The number of guanidine groups is 1. The molecule has 1 heterocycles. The lowest BCUT2D eigenvalue weighted by atomic mass is 10.1. The fourth-order valence-corrected chi connectivity index (χ4v) is 3.53. The van der Waals surface area contributed by atoms with Crippen molar-refractivity contribution in [3.05, 3.63) is 35.9 Å². The molecule has 0 bridgehead atoms. The molecule has 0 saturated carbocycles. The standard InChI is InChI=1S/C24H42N4O2/c1-21(2)20-29-17-7-13-26-24(25-3)27-14-8-18-30-23-11-15-28(16-12-23)19-22-9-5-4-6-10-22/h4-6,9-10,21,23H,7-8,11-20H2,1-3H3,(H2,25,26,27). The number of nitrogens with one attached hydrogen (secondary N) is 2. The lowest BCUT2D eigenvalue weighted by Gasteiger charge is -2.32. The molecule has 1 aliphatic heterocycles. The number of piperidine rings is 1. The molecule has 1 fully saturated rings. The maximum Gasteiger partial charge on any atom is 0.190 e. The third kappa shape index (κ3) is 11.0. The Bertz CT molecular complexity index is 572. The van der Waals surface area contributed by atoms with Crippen LogP contribution in [0.3, 0.4) is 0 Å². The number of rotatable bonds is 13. The Balaban J connectivity index is 1.45. The van der Waals surface area contributed by atoms with Gasteiger partial charge in [0.25, 0.3) is 0 Å². The largest absolute Gasteiger partial charge is 0.381 e. The van der Waals surface area contributed by atoms with E-state index in [4.69, 9.17) is 9.47 Å². The zero-order chi connectivity index (χ0) is 21.4. The first-order chi connectivity index (χ1) is 14.7. The van der Waals surface area contributed by atoms with Gasteiger partial charge in [0.1, 0.15) is 0 Å². The first-order valence-electron chi connectivity index (χ1n) is 11.6. The van der Waals surface area contributed by atoms with E-state index in [1.807, 2.05) is 7.05 Å². The molecule has 0 unspecified atom stereocenters. The molecule has 2 N–H and O–H groups in total. The van der Waals surface area contributed by atoms with Crippen LogP contribution < -0.4 is 10.6 Å². The summed E-state index contributed by atoms with van der Waals surface area (Å²) < 4.78 is 11.7. The van der Waals surface area contributed by atoms with Gasteiger partial charge in [-0.3, -0.25) is 9.89 Å². The molecule has 0 atom stereocenters. The first kappa shape index (κ1) is 24.6. The van der Waals surface area contributed by atoms with Crippen molar-refractivity contribution in [1.82, 2.24) is 15.5 Å². The molecule has 1 aliphatic rings. The van der Waals surface area contributed by atoms with Crippen molar-refractivity contribution < 1.29 is 9.47 Å².